The first-order valence-corrected chi connectivity index (χ1v) is 11.2. The maximum Gasteiger partial charge on any atom is 0.254 e. The molecular weight excluding hydrogens is 374 g/mol. The van der Waals surface area contributed by atoms with Gasteiger partial charge in [-0.25, -0.2) is 0 Å². The summed E-state index contributed by atoms with van der Waals surface area (Å²) in [5.41, 5.74) is 3.13. The van der Waals surface area contributed by atoms with Crippen molar-refractivity contribution in [2.75, 3.05) is 44.7 Å². The van der Waals surface area contributed by atoms with Crippen molar-refractivity contribution in [2.24, 2.45) is 0 Å². The van der Waals surface area contributed by atoms with Gasteiger partial charge < -0.3 is 19.8 Å². The van der Waals surface area contributed by atoms with Crippen molar-refractivity contribution < 1.29 is 9.90 Å². The topological polar surface area (TPSA) is 47.0 Å². The van der Waals surface area contributed by atoms with Crippen LogP contribution in [0.1, 0.15) is 41.6 Å². The molecule has 0 aliphatic carbocycles. The van der Waals surface area contributed by atoms with Crippen LogP contribution in [-0.4, -0.2) is 66.6 Å². The Morgan fingerprint density at radius 3 is 2.50 bits per heavy atom. The van der Waals surface area contributed by atoms with E-state index in [1.165, 1.54) is 12.1 Å². The first kappa shape index (κ1) is 20.7. The van der Waals surface area contributed by atoms with Gasteiger partial charge in [-0.15, -0.1) is 0 Å². The number of carbonyl (C=O) groups excluding carboxylic acids is 1. The second-order valence-electron chi connectivity index (χ2n) is 8.69. The van der Waals surface area contributed by atoms with Crippen LogP contribution in [0.2, 0.25) is 0 Å². The fourth-order valence-corrected chi connectivity index (χ4v) is 4.66. The maximum absolute atomic E-state index is 13.3. The minimum atomic E-state index is 0.153. The summed E-state index contributed by atoms with van der Waals surface area (Å²) in [4.78, 5) is 20.1. The van der Waals surface area contributed by atoms with Crippen LogP contribution in [-0.2, 0) is 6.42 Å². The van der Waals surface area contributed by atoms with E-state index in [0.717, 1.165) is 69.5 Å². The molecule has 2 fully saturated rings. The van der Waals surface area contributed by atoms with Gasteiger partial charge in [0.05, 0.1) is 0 Å². The largest absolute Gasteiger partial charge is 0.508 e. The van der Waals surface area contributed by atoms with Crippen molar-refractivity contribution in [3.05, 3.63) is 59.7 Å². The molecule has 2 aliphatic heterocycles. The summed E-state index contributed by atoms with van der Waals surface area (Å²) in [6.45, 7) is 5.06. The number of hydrogen-bond donors (Lipinski definition) is 1. The number of aromatic hydroxyl groups is 1. The first-order chi connectivity index (χ1) is 14.6. The van der Waals surface area contributed by atoms with E-state index in [1.54, 1.807) is 6.07 Å². The minimum absolute atomic E-state index is 0.153. The van der Waals surface area contributed by atoms with Crippen LogP contribution < -0.4 is 4.90 Å². The molecule has 1 unspecified atom stereocenters. The lowest BCUT2D eigenvalue weighted by atomic mass is 9.95. The molecule has 5 heteroatoms. The van der Waals surface area contributed by atoms with Crippen molar-refractivity contribution in [3.8, 4) is 5.75 Å². The quantitative estimate of drug-likeness (QED) is 0.820. The number of nitrogens with zero attached hydrogens (tertiary/aromatic N) is 3. The number of likely N-dealkylation sites (tertiary alicyclic amines) is 1. The lowest BCUT2D eigenvalue weighted by Crippen LogP contribution is -2.44. The van der Waals surface area contributed by atoms with E-state index in [-0.39, 0.29) is 11.9 Å². The van der Waals surface area contributed by atoms with E-state index < -0.39 is 0 Å². The highest BCUT2D eigenvalue weighted by atomic mass is 16.3. The molecule has 0 aromatic heterocycles. The Hall–Kier alpha value is -2.53. The van der Waals surface area contributed by atoms with E-state index in [2.05, 4.69) is 33.9 Å². The van der Waals surface area contributed by atoms with Crippen molar-refractivity contribution in [3.63, 3.8) is 0 Å². The maximum atomic E-state index is 13.3. The van der Waals surface area contributed by atoms with Gasteiger partial charge >= 0.3 is 0 Å². The molecule has 1 N–H and O–H groups in total. The molecule has 1 amide bonds. The molecule has 2 saturated heterocycles. The summed E-state index contributed by atoms with van der Waals surface area (Å²) in [5.74, 6) is 0.463. The molecule has 30 heavy (non-hydrogen) atoms. The average Bonchev–Trinajstić information content (AvgIpc) is 2.78. The second kappa shape index (κ2) is 9.52. The van der Waals surface area contributed by atoms with Crippen molar-refractivity contribution in [1.82, 2.24) is 9.80 Å². The number of anilines is 1. The Morgan fingerprint density at radius 1 is 1.00 bits per heavy atom. The van der Waals surface area contributed by atoms with Gasteiger partial charge in [0.15, 0.2) is 0 Å². The van der Waals surface area contributed by atoms with E-state index in [9.17, 15) is 9.90 Å². The number of piperidine rings is 1. The number of amides is 1. The SMILES string of the molecule is CN1CCN(c2ccc(C(=O)N3CCCCC3CCc3cccc(O)c3)cc2)CC1. The zero-order valence-corrected chi connectivity index (χ0v) is 18.0. The molecule has 5 nitrogen and oxygen atoms in total. The van der Waals surface area contributed by atoms with Gasteiger partial charge in [0, 0.05) is 50.0 Å². The Morgan fingerprint density at radius 2 is 1.77 bits per heavy atom. The summed E-state index contributed by atoms with van der Waals surface area (Å²) in [6.07, 6.45) is 5.13. The van der Waals surface area contributed by atoms with Crippen LogP contribution in [0.15, 0.2) is 48.5 Å². The zero-order chi connectivity index (χ0) is 20.9. The molecule has 0 radical (unpaired) electrons. The van der Waals surface area contributed by atoms with Crippen LogP contribution in [0.4, 0.5) is 5.69 Å². The standard InChI is InChI=1S/C25H33N3O2/c1-26-15-17-27(18-16-26)22-12-9-21(10-13-22)25(30)28-14-3-2-6-23(28)11-8-20-5-4-7-24(29)19-20/h4-5,7,9-10,12-13,19,23,29H,2-3,6,8,11,14-18H2,1H3. The van der Waals surface area contributed by atoms with E-state index >= 15 is 0 Å². The molecule has 160 valence electrons. The minimum Gasteiger partial charge on any atom is -0.508 e. The second-order valence-corrected chi connectivity index (χ2v) is 8.69. The number of hydrogen-bond acceptors (Lipinski definition) is 4. The number of carbonyl (C=O) groups is 1. The highest BCUT2D eigenvalue weighted by molar-refractivity contribution is 5.94. The number of benzene rings is 2. The van der Waals surface area contributed by atoms with E-state index in [1.807, 2.05) is 30.3 Å². The number of phenols is 1. The normalized spacial score (nSPS) is 20.4. The summed E-state index contributed by atoms with van der Waals surface area (Å²) in [7, 11) is 2.16. The summed E-state index contributed by atoms with van der Waals surface area (Å²) in [5, 5.41) is 9.70. The lowest BCUT2D eigenvalue weighted by Gasteiger charge is -2.36. The van der Waals surface area contributed by atoms with Gasteiger partial charge in [-0.3, -0.25) is 4.79 Å². The summed E-state index contributed by atoms with van der Waals surface area (Å²) < 4.78 is 0. The fourth-order valence-electron chi connectivity index (χ4n) is 4.66. The Balaban J connectivity index is 1.40. The van der Waals surface area contributed by atoms with Crippen LogP contribution in [0.3, 0.4) is 0 Å². The third-order valence-corrected chi connectivity index (χ3v) is 6.55. The molecule has 0 bridgehead atoms. The van der Waals surface area contributed by atoms with Crippen molar-refractivity contribution in [2.45, 2.75) is 38.1 Å². The zero-order valence-electron chi connectivity index (χ0n) is 18.0. The molecule has 4 rings (SSSR count). The van der Waals surface area contributed by atoms with Crippen molar-refractivity contribution in [1.29, 1.82) is 0 Å². The molecule has 2 heterocycles. The number of piperazine rings is 1. The highest BCUT2D eigenvalue weighted by Gasteiger charge is 2.27. The molecular formula is C25H33N3O2. The highest BCUT2D eigenvalue weighted by Crippen LogP contribution is 2.25. The third kappa shape index (κ3) is 4.96. The summed E-state index contributed by atoms with van der Waals surface area (Å²) >= 11 is 0. The molecule has 0 saturated carbocycles. The number of aryl methyl sites for hydroxylation is 1. The smallest absolute Gasteiger partial charge is 0.254 e. The van der Waals surface area contributed by atoms with Crippen LogP contribution in [0.25, 0.3) is 0 Å². The Kier molecular flexibility index (Phi) is 6.58. The van der Waals surface area contributed by atoms with Gasteiger partial charge in [0.2, 0.25) is 0 Å². The van der Waals surface area contributed by atoms with Gasteiger partial charge in [-0.05, 0) is 81.1 Å². The number of rotatable bonds is 5. The molecule has 0 spiro atoms. The molecule has 1 atom stereocenters. The summed E-state index contributed by atoms with van der Waals surface area (Å²) in [6, 6.07) is 15.9. The molecule has 2 aromatic rings. The molecule has 2 aromatic carbocycles. The van der Waals surface area contributed by atoms with Crippen molar-refractivity contribution >= 4 is 11.6 Å². The fraction of sp³-hybridized carbons (Fsp3) is 0.480. The van der Waals surface area contributed by atoms with Gasteiger partial charge in [0.1, 0.15) is 5.75 Å². The predicted octanol–water partition coefficient (Wildman–Crippen LogP) is 3.77. The van der Waals surface area contributed by atoms with Gasteiger partial charge in [-0.1, -0.05) is 12.1 Å². The third-order valence-electron chi connectivity index (χ3n) is 6.55. The monoisotopic (exact) mass is 407 g/mol. The van der Waals surface area contributed by atoms with Gasteiger partial charge in [0.25, 0.3) is 5.91 Å². The Labute approximate surface area is 179 Å². The first-order valence-electron chi connectivity index (χ1n) is 11.2. The van der Waals surface area contributed by atoms with Crippen LogP contribution in [0.5, 0.6) is 5.75 Å². The molecule has 2 aliphatic rings. The van der Waals surface area contributed by atoms with Gasteiger partial charge in [-0.2, -0.15) is 0 Å². The number of likely N-dealkylation sites (N-methyl/N-ethyl adjacent to an activating group) is 1. The van der Waals surface area contributed by atoms with E-state index in [4.69, 9.17) is 0 Å². The van der Waals surface area contributed by atoms with Crippen LogP contribution in [0, 0.1) is 0 Å². The predicted molar refractivity (Wildman–Crippen MR) is 121 cm³/mol. The lowest BCUT2D eigenvalue weighted by molar-refractivity contribution is 0.0602. The van der Waals surface area contributed by atoms with Crippen LogP contribution >= 0.6 is 0 Å². The number of phenolic OH excluding ortho intramolecular Hbond substituents is 1. The van der Waals surface area contributed by atoms with E-state index in [0.29, 0.717) is 5.75 Å². The Bertz CT molecular complexity index is 844. The average molecular weight is 408 g/mol.